The van der Waals surface area contributed by atoms with E-state index in [4.69, 9.17) is 14.2 Å². The maximum Gasteiger partial charge on any atom is 0.356 e. The summed E-state index contributed by atoms with van der Waals surface area (Å²) in [4.78, 5) is 25.0. The maximum absolute atomic E-state index is 12.8. The molecule has 0 N–H and O–H groups in total. The van der Waals surface area contributed by atoms with E-state index in [9.17, 15) is 9.59 Å². The summed E-state index contributed by atoms with van der Waals surface area (Å²) in [5, 5.41) is 0. The Hall–Kier alpha value is -2.04. The molecule has 22 heavy (non-hydrogen) atoms. The minimum absolute atomic E-state index is 0.319. The highest BCUT2D eigenvalue weighted by atomic mass is 16.6. The molecule has 5 nitrogen and oxygen atoms in total. The number of carbonyl (C=O) groups is 2. The van der Waals surface area contributed by atoms with E-state index in [2.05, 4.69) is 0 Å². The van der Waals surface area contributed by atoms with Crippen LogP contribution in [0.2, 0.25) is 0 Å². The van der Waals surface area contributed by atoms with Crippen molar-refractivity contribution in [2.24, 2.45) is 10.8 Å². The van der Waals surface area contributed by atoms with Gasteiger partial charge in [-0.3, -0.25) is 4.79 Å². The molecule has 1 saturated carbocycles. The van der Waals surface area contributed by atoms with Gasteiger partial charge in [0.05, 0.1) is 12.5 Å². The van der Waals surface area contributed by atoms with Crippen molar-refractivity contribution in [1.29, 1.82) is 0 Å². The average Bonchev–Trinajstić information content (AvgIpc) is 2.78. The van der Waals surface area contributed by atoms with Gasteiger partial charge in [0.1, 0.15) is 0 Å². The first-order chi connectivity index (χ1) is 10.3. The fourth-order valence-electron chi connectivity index (χ4n) is 3.59. The number of fused-ring (bicyclic) bond motifs is 2. The summed E-state index contributed by atoms with van der Waals surface area (Å²) in [7, 11) is 1.51. The predicted molar refractivity (Wildman–Crippen MR) is 78.6 cm³/mol. The molecule has 5 heteroatoms. The molecule has 1 heterocycles. The van der Waals surface area contributed by atoms with Gasteiger partial charge in [0, 0.05) is 5.41 Å². The van der Waals surface area contributed by atoms with Crippen LogP contribution in [0.4, 0.5) is 0 Å². The maximum atomic E-state index is 12.8. The molecule has 1 aromatic carbocycles. The Labute approximate surface area is 129 Å². The first-order valence-electron chi connectivity index (χ1n) is 7.37. The van der Waals surface area contributed by atoms with E-state index in [1.54, 1.807) is 24.3 Å². The first-order valence-corrected chi connectivity index (χ1v) is 7.37. The topological polar surface area (TPSA) is 61.8 Å². The summed E-state index contributed by atoms with van der Waals surface area (Å²) < 4.78 is 16.2. The van der Waals surface area contributed by atoms with Crippen LogP contribution < -0.4 is 9.47 Å². The molecule has 1 saturated heterocycles. The summed E-state index contributed by atoms with van der Waals surface area (Å²) in [5.74, 6) is -0.0517. The number of esters is 2. The number of carbonyl (C=O) groups excluding carboxylic acids is 2. The van der Waals surface area contributed by atoms with Gasteiger partial charge in [-0.2, -0.15) is 0 Å². The number of benzene rings is 1. The molecular weight excluding hydrogens is 284 g/mol. The van der Waals surface area contributed by atoms with Crippen molar-refractivity contribution in [3.05, 3.63) is 24.3 Å². The van der Waals surface area contributed by atoms with Gasteiger partial charge in [0.2, 0.25) is 5.60 Å². The van der Waals surface area contributed by atoms with Crippen LogP contribution in [0.3, 0.4) is 0 Å². The van der Waals surface area contributed by atoms with Gasteiger partial charge in [-0.15, -0.1) is 0 Å². The lowest BCUT2D eigenvalue weighted by Gasteiger charge is -2.34. The van der Waals surface area contributed by atoms with Crippen LogP contribution in [-0.4, -0.2) is 24.6 Å². The number of para-hydroxylation sites is 2. The molecule has 0 radical (unpaired) electrons. The Balaban J connectivity index is 1.95. The predicted octanol–water partition coefficient (Wildman–Crippen LogP) is 2.72. The Morgan fingerprint density at radius 1 is 1.14 bits per heavy atom. The Bertz CT molecular complexity index is 650. The van der Waals surface area contributed by atoms with Crippen LogP contribution in [0.1, 0.15) is 33.6 Å². The first kappa shape index (κ1) is 14.9. The third-order valence-electron chi connectivity index (χ3n) is 5.69. The monoisotopic (exact) mass is 304 g/mol. The second-order valence-corrected chi connectivity index (χ2v) is 6.71. The van der Waals surface area contributed by atoms with Crippen LogP contribution in [0, 0.1) is 10.8 Å². The third-order valence-corrected chi connectivity index (χ3v) is 5.69. The Kier molecular flexibility index (Phi) is 3.03. The van der Waals surface area contributed by atoms with Crippen LogP contribution >= 0.6 is 0 Å². The third kappa shape index (κ3) is 1.59. The largest absolute Gasteiger partial charge is 0.493 e. The second-order valence-electron chi connectivity index (χ2n) is 6.71. The van der Waals surface area contributed by atoms with E-state index >= 15 is 0 Å². The number of ether oxygens (including phenoxy) is 3. The van der Waals surface area contributed by atoms with Gasteiger partial charge in [-0.25, -0.2) is 4.79 Å². The lowest BCUT2D eigenvalue weighted by Crippen LogP contribution is -2.50. The standard InChI is InChI=1S/C17H20O5/c1-15(2)16(3)9-10-17(15,22-13(16)18)14(19)21-12-8-6-5-7-11(12)20-4/h5-8H,9-10H2,1-4H3/t16-,17+/m0/s1. The molecule has 118 valence electrons. The molecule has 3 rings (SSSR count). The van der Waals surface area contributed by atoms with Gasteiger partial charge < -0.3 is 14.2 Å². The normalized spacial score (nSPS) is 31.7. The molecule has 0 unspecified atom stereocenters. The average molecular weight is 304 g/mol. The van der Waals surface area contributed by atoms with E-state index < -0.39 is 22.4 Å². The molecule has 1 aliphatic heterocycles. The molecule has 2 aliphatic rings. The lowest BCUT2D eigenvalue weighted by molar-refractivity contribution is -0.176. The molecule has 0 spiro atoms. The molecular formula is C17H20O5. The number of hydrogen-bond acceptors (Lipinski definition) is 5. The summed E-state index contributed by atoms with van der Waals surface area (Å²) >= 11 is 0. The molecule has 2 bridgehead atoms. The van der Waals surface area contributed by atoms with E-state index in [1.807, 2.05) is 20.8 Å². The SMILES string of the molecule is COc1ccccc1OC(=O)[C@@]12CC[C@@](C)(C(=O)O1)C2(C)C. The molecule has 2 atom stereocenters. The minimum atomic E-state index is -1.22. The highest BCUT2D eigenvalue weighted by molar-refractivity contribution is 5.94. The summed E-state index contributed by atoms with van der Waals surface area (Å²) in [6.07, 6.45) is 1.11. The van der Waals surface area contributed by atoms with E-state index in [0.29, 0.717) is 24.3 Å². The fourth-order valence-corrected chi connectivity index (χ4v) is 3.59. The second kappa shape index (κ2) is 4.48. The van der Waals surface area contributed by atoms with Crippen molar-refractivity contribution in [1.82, 2.24) is 0 Å². The number of rotatable bonds is 3. The van der Waals surface area contributed by atoms with Crippen molar-refractivity contribution < 1.29 is 23.8 Å². The van der Waals surface area contributed by atoms with Crippen molar-refractivity contribution in [2.75, 3.05) is 7.11 Å². The highest BCUT2D eigenvalue weighted by Gasteiger charge is 2.76. The van der Waals surface area contributed by atoms with Crippen molar-refractivity contribution in [3.8, 4) is 11.5 Å². The van der Waals surface area contributed by atoms with Gasteiger partial charge in [0.15, 0.2) is 11.5 Å². The van der Waals surface area contributed by atoms with Crippen LogP contribution in [0.5, 0.6) is 11.5 Å². The van der Waals surface area contributed by atoms with Crippen molar-refractivity contribution in [2.45, 2.75) is 39.2 Å². The molecule has 0 aromatic heterocycles. The van der Waals surface area contributed by atoms with Gasteiger partial charge in [-0.1, -0.05) is 26.0 Å². The number of hydrogen-bond donors (Lipinski definition) is 0. The fraction of sp³-hybridized carbons (Fsp3) is 0.529. The van der Waals surface area contributed by atoms with Crippen LogP contribution in [0.25, 0.3) is 0 Å². The molecule has 0 amide bonds. The summed E-state index contributed by atoms with van der Waals surface area (Å²) in [6.45, 7) is 5.66. The van der Waals surface area contributed by atoms with Crippen LogP contribution in [0.15, 0.2) is 24.3 Å². The van der Waals surface area contributed by atoms with Gasteiger partial charge >= 0.3 is 11.9 Å². The highest BCUT2D eigenvalue weighted by Crippen LogP contribution is 2.65. The Morgan fingerprint density at radius 2 is 1.77 bits per heavy atom. The van der Waals surface area contributed by atoms with Gasteiger partial charge in [-0.05, 0) is 31.9 Å². The van der Waals surface area contributed by atoms with Gasteiger partial charge in [0.25, 0.3) is 0 Å². The van der Waals surface area contributed by atoms with Crippen molar-refractivity contribution >= 4 is 11.9 Å². The van der Waals surface area contributed by atoms with Crippen molar-refractivity contribution in [3.63, 3.8) is 0 Å². The summed E-state index contributed by atoms with van der Waals surface area (Å²) in [5.41, 5.74) is -2.48. The molecule has 1 aliphatic carbocycles. The van der Waals surface area contributed by atoms with E-state index in [1.165, 1.54) is 7.11 Å². The minimum Gasteiger partial charge on any atom is -0.493 e. The van der Waals surface area contributed by atoms with E-state index in [0.717, 1.165) is 0 Å². The Morgan fingerprint density at radius 3 is 2.27 bits per heavy atom. The zero-order valence-corrected chi connectivity index (χ0v) is 13.3. The molecule has 2 fully saturated rings. The lowest BCUT2D eigenvalue weighted by atomic mass is 9.66. The zero-order chi connectivity index (χ0) is 16.2. The quantitative estimate of drug-likeness (QED) is 0.634. The van der Waals surface area contributed by atoms with E-state index in [-0.39, 0.29) is 5.97 Å². The molecule has 1 aromatic rings. The smallest absolute Gasteiger partial charge is 0.356 e. The summed E-state index contributed by atoms with van der Waals surface area (Å²) in [6, 6.07) is 6.92. The number of methoxy groups -OCH3 is 1. The van der Waals surface area contributed by atoms with Crippen LogP contribution in [-0.2, 0) is 14.3 Å². The zero-order valence-electron chi connectivity index (χ0n) is 13.3.